The fraction of sp³-hybridized carbons (Fsp3) is 0.562. The Balaban J connectivity index is 1.68. The van der Waals surface area contributed by atoms with Gasteiger partial charge in [-0.25, -0.2) is 9.97 Å². The number of ether oxygens (including phenoxy) is 1. The minimum absolute atomic E-state index is 0.128. The molecule has 0 aromatic carbocycles. The van der Waals surface area contributed by atoms with Crippen molar-refractivity contribution in [1.82, 2.24) is 30.3 Å². The van der Waals surface area contributed by atoms with E-state index < -0.39 is 0 Å². The number of aromatic nitrogens is 6. The van der Waals surface area contributed by atoms with E-state index in [9.17, 15) is 0 Å². The van der Waals surface area contributed by atoms with Crippen LogP contribution in [0.25, 0.3) is 11.0 Å². The Morgan fingerprint density at radius 3 is 2.84 bits per heavy atom. The van der Waals surface area contributed by atoms with Gasteiger partial charge in [0.05, 0.1) is 11.6 Å². The minimum Gasteiger partial charge on any atom is -0.381 e. The molecule has 0 spiro atoms. The average Bonchev–Trinajstić information content (AvgIpc) is 3.30. The van der Waals surface area contributed by atoms with E-state index in [2.05, 4.69) is 35.6 Å². The number of aromatic amines is 1. The summed E-state index contributed by atoms with van der Waals surface area (Å²) in [5.41, 5.74) is 0.691. The lowest BCUT2D eigenvalue weighted by molar-refractivity contribution is 0.0571. The molecule has 1 aliphatic heterocycles. The van der Waals surface area contributed by atoms with Crippen molar-refractivity contribution in [1.29, 1.82) is 0 Å². The summed E-state index contributed by atoms with van der Waals surface area (Å²) in [6, 6.07) is -0.128. The van der Waals surface area contributed by atoms with Crippen LogP contribution in [-0.4, -0.2) is 43.5 Å². The predicted octanol–water partition coefficient (Wildman–Crippen LogP) is 2.44. The lowest BCUT2D eigenvalue weighted by Crippen LogP contribution is -2.27. The summed E-state index contributed by atoms with van der Waals surface area (Å²) in [6.07, 6.45) is 5.08. The Morgan fingerprint density at radius 1 is 1.24 bits per heavy atom. The van der Waals surface area contributed by atoms with Gasteiger partial charge in [0.15, 0.2) is 11.5 Å². The van der Waals surface area contributed by atoms with Crippen LogP contribution in [0.1, 0.15) is 50.4 Å². The van der Waals surface area contributed by atoms with Crippen molar-refractivity contribution < 1.29 is 9.26 Å². The van der Waals surface area contributed by atoms with Crippen LogP contribution in [0.15, 0.2) is 17.0 Å². The molecule has 1 atom stereocenters. The highest BCUT2D eigenvalue weighted by atomic mass is 16.5. The molecule has 2 N–H and O–H groups in total. The van der Waals surface area contributed by atoms with Crippen LogP contribution in [0.3, 0.4) is 0 Å². The maximum absolute atomic E-state index is 5.58. The summed E-state index contributed by atoms with van der Waals surface area (Å²) in [7, 11) is 0. The van der Waals surface area contributed by atoms with E-state index in [-0.39, 0.29) is 12.0 Å². The zero-order valence-corrected chi connectivity index (χ0v) is 14.3. The maximum Gasteiger partial charge on any atom is 0.249 e. The largest absolute Gasteiger partial charge is 0.381 e. The molecule has 1 fully saturated rings. The summed E-state index contributed by atoms with van der Waals surface area (Å²) in [6.45, 7) is 5.56. The standard InChI is InChI=1S/C16H21N7O2/c1-9(2)13-21-16(25-23-13)12(10-3-5-24-6-4-10)20-14-11-7-19-22-15(11)18-8-17-14/h7-10,12H,3-6H2,1-2H3,(H2,17,18,19,20,22). The van der Waals surface area contributed by atoms with Gasteiger partial charge in [0, 0.05) is 19.1 Å². The van der Waals surface area contributed by atoms with Crippen LogP contribution < -0.4 is 5.32 Å². The van der Waals surface area contributed by atoms with Crippen molar-refractivity contribution in [2.45, 2.75) is 38.6 Å². The topological polar surface area (TPSA) is 115 Å². The van der Waals surface area contributed by atoms with Gasteiger partial charge >= 0.3 is 0 Å². The van der Waals surface area contributed by atoms with Gasteiger partial charge in [0.1, 0.15) is 18.2 Å². The molecule has 3 aromatic rings. The summed E-state index contributed by atoms with van der Waals surface area (Å²) >= 11 is 0. The number of hydrogen-bond acceptors (Lipinski definition) is 8. The molecule has 0 aliphatic carbocycles. The molecule has 3 aromatic heterocycles. The van der Waals surface area contributed by atoms with E-state index in [4.69, 9.17) is 9.26 Å². The molecule has 0 amide bonds. The molecule has 9 heteroatoms. The Labute approximate surface area is 144 Å². The molecule has 0 radical (unpaired) electrons. The second-order valence-corrected chi connectivity index (χ2v) is 6.57. The van der Waals surface area contributed by atoms with E-state index in [1.807, 2.05) is 13.8 Å². The molecule has 1 unspecified atom stereocenters. The molecule has 1 saturated heterocycles. The second-order valence-electron chi connectivity index (χ2n) is 6.57. The monoisotopic (exact) mass is 343 g/mol. The van der Waals surface area contributed by atoms with E-state index >= 15 is 0 Å². The lowest BCUT2D eigenvalue weighted by Gasteiger charge is -2.29. The first kappa shape index (κ1) is 15.9. The highest BCUT2D eigenvalue weighted by Gasteiger charge is 2.31. The summed E-state index contributed by atoms with van der Waals surface area (Å²) in [5.74, 6) is 2.55. The maximum atomic E-state index is 5.58. The van der Waals surface area contributed by atoms with Crippen molar-refractivity contribution in [2.24, 2.45) is 5.92 Å². The number of hydrogen-bond donors (Lipinski definition) is 2. The van der Waals surface area contributed by atoms with Gasteiger partial charge in [-0.15, -0.1) is 0 Å². The fourth-order valence-electron chi connectivity index (χ4n) is 3.07. The average molecular weight is 343 g/mol. The number of nitrogens with zero attached hydrogens (tertiary/aromatic N) is 5. The molecule has 0 bridgehead atoms. The van der Waals surface area contributed by atoms with Crippen molar-refractivity contribution in [3.63, 3.8) is 0 Å². The SMILES string of the molecule is CC(C)c1noc(C(Nc2ncnc3[nH]ncc23)C2CCOCC2)n1. The number of fused-ring (bicyclic) bond motifs is 1. The van der Waals surface area contributed by atoms with Gasteiger partial charge < -0.3 is 14.6 Å². The first-order valence-electron chi connectivity index (χ1n) is 8.54. The summed E-state index contributed by atoms with van der Waals surface area (Å²) in [4.78, 5) is 13.2. The van der Waals surface area contributed by atoms with Crippen LogP contribution in [0.2, 0.25) is 0 Å². The third-order valence-corrected chi connectivity index (χ3v) is 4.52. The minimum atomic E-state index is -0.128. The summed E-state index contributed by atoms with van der Waals surface area (Å²) < 4.78 is 11.1. The molecular formula is C16H21N7O2. The molecule has 1 aliphatic rings. The van der Waals surface area contributed by atoms with Gasteiger partial charge in [0.2, 0.25) is 5.89 Å². The summed E-state index contributed by atoms with van der Waals surface area (Å²) in [5, 5.41) is 15.3. The van der Waals surface area contributed by atoms with Crippen molar-refractivity contribution in [3.8, 4) is 0 Å². The first-order chi connectivity index (χ1) is 12.2. The molecule has 25 heavy (non-hydrogen) atoms. The Hall–Kier alpha value is -2.55. The van der Waals surface area contributed by atoms with E-state index in [1.165, 1.54) is 6.33 Å². The van der Waals surface area contributed by atoms with Crippen molar-refractivity contribution >= 4 is 16.9 Å². The van der Waals surface area contributed by atoms with E-state index in [1.54, 1.807) is 6.20 Å². The Morgan fingerprint density at radius 2 is 2.08 bits per heavy atom. The molecular weight excluding hydrogens is 322 g/mol. The van der Waals surface area contributed by atoms with Crippen molar-refractivity contribution in [2.75, 3.05) is 18.5 Å². The zero-order valence-electron chi connectivity index (χ0n) is 14.3. The number of nitrogens with one attached hydrogen (secondary N) is 2. The zero-order chi connectivity index (χ0) is 17.2. The van der Waals surface area contributed by atoms with Gasteiger partial charge in [-0.2, -0.15) is 10.1 Å². The van der Waals surface area contributed by atoms with Crippen LogP contribution in [-0.2, 0) is 4.74 Å². The highest BCUT2D eigenvalue weighted by molar-refractivity contribution is 5.85. The number of H-pyrrole nitrogens is 1. The van der Waals surface area contributed by atoms with Crippen LogP contribution >= 0.6 is 0 Å². The third kappa shape index (κ3) is 3.19. The van der Waals surface area contributed by atoms with Gasteiger partial charge in [-0.05, 0) is 18.8 Å². The van der Waals surface area contributed by atoms with Crippen molar-refractivity contribution in [3.05, 3.63) is 24.2 Å². The molecule has 0 saturated carbocycles. The van der Waals surface area contributed by atoms with E-state index in [0.717, 1.165) is 31.4 Å². The Kier molecular flexibility index (Phi) is 4.31. The van der Waals surface area contributed by atoms with E-state index in [0.29, 0.717) is 29.1 Å². The number of rotatable bonds is 5. The first-order valence-corrected chi connectivity index (χ1v) is 8.54. The molecule has 4 rings (SSSR count). The smallest absolute Gasteiger partial charge is 0.249 e. The molecule has 4 heterocycles. The normalized spacial score (nSPS) is 17.2. The lowest BCUT2D eigenvalue weighted by atomic mass is 9.91. The van der Waals surface area contributed by atoms with Crippen LogP contribution in [0.4, 0.5) is 5.82 Å². The molecule has 132 valence electrons. The van der Waals surface area contributed by atoms with Gasteiger partial charge in [-0.3, -0.25) is 5.10 Å². The Bertz CT molecular complexity index is 838. The van der Waals surface area contributed by atoms with Crippen LogP contribution in [0.5, 0.6) is 0 Å². The third-order valence-electron chi connectivity index (χ3n) is 4.52. The highest BCUT2D eigenvalue weighted by Crippen LogP contribution is 2.33. The fourth-order valence-corrected chi connectivity index (χ4v) is 3.07. The van der Waals surface area contributed by atoms with Crippen LogP contribution in [0, 0.1) is 5.92 Å². The second kappa shape index (κ2) is 6.75. The quantitative estimate of drug-likeness (QED) is 0.726. The number of anilines is 1. The van der Waals surface area contributed by atoms with Gasteiger partial charge in [0.25, 0.3) is 0 Å². The van der Waals surface area contributed by atoms with Gasteiger partial charge in [-0.1, -0.05) is 19.0 Å². The molecule has 9 nitrogen and oxygen atoms in total. The predicted molar refractivity (Wildman–Crippen MR) is 90.0 cm³/mol.